The molecule has 1 amide bonds. The van der Waals surface area contributed by atoms with Crippen molar-refractivity contribution < 1.29 is 4.79 Å². The molecule has 0 aliphatic heterocycles. The van der Waals surface area contributed by atoms with Crippen LogP contribution in [0.5, 0.6) is 0 Å². The average molecular weight is 244 g/mol. The van der Waals surface area contributed by atoms with Gasteiger partial charge in [-0.05, 0) is 13.0 Å². The summed E-state index contributed by atoms with van der Waals surface area (Å²) in [5, 5.41) is 10.7. The van der Waals surface area contributed by atoms with E-state index in [1.54, 1.807) is 6.07 Å². The first kappa shape index (κ1) is 10.1. The zero-order valence-corrected chi connectivity index (χ0v) is 8.78. The van der Waals surface area contributed by atoms with Gasteiger partial charge in [-0.1, -0.05) is 15.9 Å². The van der Waals surface area contributed by atoms with Crippen LogP contribution in [-0.4, -0.2) is 27.5 Å². The van der Waals surface area contributed by atoms with Crippen LogP contribution in [0.3, 0.4) is 0 Å². The lowest BCUT2D eigenvalue weighted by molar-refractivity contribution is 0.0943. The molecule has 0 spiro atoms. The molecule has 1 aromatic heterocycles. The highest BCUT2D eigenvalue weighted by molar-refractivity contribution is 9.09. The standard InChI is InChI=1S/C8H10BrN3O/c1-6(4-9)12-8(13)7-2-3-10-11-5-7/h2-3,5-6H,4H2,1H3,(H,12,13). The molecule has 4 nitrogen and oxygen atoms in total. The minimum absolute atomic E-state index is 0.112. The van der Waals surface area contributed by atoms with E-state index in [9.17, 15) is 4.79 Å². The van der Waals surface area contributed by atoms with E-state index >= 15 is 0 Å². The molecule has 1 unspecified atom stereocenters. The first-order chi connectivity index (χ1) is 6.24. The second kappa shape index (κ2) is 4.91. The number of carbonyl (C=O) groups is 1. The van der Waals surface area contributed by atoms with Gasteiger partial charge >= 0.3 is 0 Å². The number of nitrogens with zero attached hydrogens (tertiary/aromatic N) is 2. The summed E-state index contributed by atoms with van der Waals surface area (Å²) in [7, 11) is 0. The van der Waals surface area contributed by atoms with Crippen molar-refractivity contribution in [3.63, 3.8) is 0 Å². The fourth-order valence-corrected chi connectivity index (χ4v) is 0.933. The molecule has 0 saturated heterocycles. The van der Waals surface area contributed by atoms with Crippen molar-refractivity contribution in [1.82, 2.24) is 15.5 Å². The van der Waals surface area contributed by atoms with E-state index in [0.717, 1.165) is 5.33 Å². The van der Waals surface area contributed by atoms with Crippen LogP contribution in [0.4, 0.5) is 0 Å². The number of halogens is 1. The number of hydrogen-bond acceptors (Lipinski definition) is 3. The minimum atomic E-state index is -0.123. The van der Waals surface area contributed by atoms with E-state index < -0.39 is 0 Å². The molecule has 1 rings (SSSR count). The van der Waals surface area contributed by atoms with Crippen LogP contribution >= 0.6 is 15.9 Å². The van der Waals surface area contributed by atoms with Crippen LogP contribution in [0.25, 0.3) is 0 Å². The number of amides is 1. The summed E-state index contributed by atoms with van der Waals surface area (Å²) in [5.74, 6) is -0.123. The van der Waals surface area contributed by atoms with Gasteiger partial charge in [0.15, 0.2) is 0 Å². The molecule has 70 valence electrons. The van der Waals surface area contributed by atoms with Crippen molar-refractivity contribution in [2.45, 2.75) is 13.0 Å². The SMILES string of the molecule is CC(CBr)NC(=O)c1ccnnc1. The van der Waals surface area contributed by atoms with E-state index in [2.05, 4.69) is 31.4 Å². The summed E-state index contributed by atoms with van der Waals surface area (Å²) < 4.78 is 0. The summed E-state index contributed by atoms with van der Waals surface area (Å²) in [6.45, 7) is 1.92. The lowest BCUT2D eigenvalue weighted by Gasteiger charge is -2.09. The maximum absolute atomic E-state index is 11.4. The molecule has 5 heteroatoms. The number of hydrogen-bond donors (Lipinski definition) is 1. The second-order valence-electron chi connectivity index (χ2n) is 2.66. The number of alkyl halides is 1. The maximum Gasteiger partial charge on any atom is 0.253 e. The molecule has 0 radical (unpaired) electrons. The Balaban J connectivity index is 2.59. The topological polar surface area (TPSA) is 54.9 Å². The first-order valence-corrected chi connectivity index (χ1v) is 4.99. The molecule has 0 aromatic carbocycles. The Hall–Kier alpha value is -0.970. The molecule has 1 N–H and O–H groups in total. The minimum Gasteiger partial charge on any atom is -0.349 e. The van der Waals surface area contributed by atoms with Crippen molar-refractivity contribution in [1.29, 1.82) is 0 Å². The zero-order chi connectivity index (χ0) is 9.68. The van der Waals surface area contributed by atoms with Gasteiger partial charge in [0.25, 0.3) is 5.91 Å². The Morgan fingerprint density at radius 2 is 2.46 bits per heavy atom. The number of aromatic nitrogens is 2. The van der Waals surface area contributed by atoms with Gasteiger partial charge in [-0.2, -0.15) is 10.2 Å². The Bertz CT molecular complexity index is 278. The summed E-state index contributed by atoms with van der Waals surface area (Å²) in [6.07, 6.45) is 2.93. The van der Waals surface area contributed by atoms with Crippen LogP contribution in [-0.2, 0) is 0 Å². The molecule has 13 heavy (non-hydrogen) atoms. The third-order valence-corrected chi connectivity index (χ3v) is 2.43. The van der Waals surface area contributed by atoms with Gasteiger partial charge < -0.3 is 5.32 Å². The quantitative estimate of drug-likeness (QED) is 0.806. The summed E-state index contributed by atoms with van der Waals surface area (Å²) >= 11 is 3.27. The smallest absolute Gasteiger partial charge is 0.253 e. The molecule has 0 bridgehead atoms. The molecule has 0 fully saturated rings. The van der Waals surface area contributed by atoms with Gasteiger partial charge in [-0.3, -0.25) is 4.79 Å². The van der Waals surface area contributed by atoms with E-state index in [-0.39, 0.29) is 11.9 Å². The molecule has 1 atom stereocenters. The van der Waals surface area contributed by atoms with E-state index in [4.69, 9.17) is 0 Å². The first-order valence-electron chi connectivity index (χ1n) is 3.87. The van der Waals surface area contributed by atoms with E-state index in [1.165, 1.54) is 12.4 Å². The van der Waals surface area contributed by atoms with Crippen molar-refractivity contribution in [2.75, 3.05) is 5.33 Å². The summed E-state index contributed by atoms with van der Waals surface area (Å²) in [5.41, 5.74) is 0.530. The summed E-state index contributed by atoms with van der Waals surface area (Å²) in [6, 6.07) is 1.74. The highest BCUT2D eigenvalue weighted by Crippen LogP contribution is 1.96. The van der Waals surface area contributed by atoms with Crippen molar-refractivity contribution in [3.05, 3.63) is 24.0 Å². The molecular weight excluding hydrogens is 234 g/mol. The largest absolute Gasteiger partial charge is 0.349 e. The Labute approximate surface area is 84.9 Å². The number of rotatable bonds is 3. The van der Waals surface area contributed by atoms with Crippen molar-refractivity contribution in [3.8, 4) is 0 Å². The van der Waals surface area contributed by atoms with Crippen molar-refractivity contribution >= 4 is 21.8 Å². The van der Waals surface area contributed by atoms with Gasteiger partial charge in [0, 0.05) is 11.4 Å². The zero-order valence-electron chi connectivity index (χ0n) is 7.20. The van der Waals surface area contributed by atoms with E-state index in [1.807, 2.05) is 6.92 Å². The Kier molecular flexibility index (Phi) is 3.82. The third-order valence-electron chi connectivity index (χ3n) is 1.46. The molecule has 1 heterocycles. The Morgan fingerprint density at radius 1 is 1.69 bits per heavy atom. The van der Waals surface area contributed by atoms with Crippen LogP contribution in [0.1, 0.15) is 17.3 Å². The molecule has 0 aliphatic rings. The van der Waals surface area contributed by atoms with Crippen LogP contribution < -0.4 is 5.32 Å². The Morgan fingerprint density at radius 3 is 3.00 bits per heavy atom. The molecule has 0 saturated carbocycles. The van der Waals surface area contributed by atoms with Crippen LogP contribution in [0.2, 0.25) is 0 Å². The van der Waals surface area contributed by atoms with Gasteiger partial charge in [0.05, 0.1) is 18.0 Å². The second-order valence-corrected chi connectivity index (χ2v) is 3.31. The number of carbonyl (C=O) groups excluding carboxylic acids is 1. The van der Waals surface area contributed by atoms with Gasteiger partial charge in [-0.15, -0.1) is 0 Å². The lowest BCUT2D eigenvalue weighted by Crippen LogP contribution is -2.33. The average Bonchev–Trinajstić information content (AvgIpc) is 2.19. The van der Waals surface area contributed by atoms with Crippen molar-refractivity contribution in [2.24, 2.45) is 0 Å². The molecule has 1 aromatic rings. The van der Waals surface area contributed by atoms with E-state index in [0.29, 0.717) is 5.56 Å². The van der Waals surface area contributed by atoms with Gasteiger partial charge in [0.1, 0.15) is 0 Å². The third kappa shape index (κ3) is 3.10. The predicted octanol–water partition coefficient (Wildman–Crippen LogP) is 0.990. The van der Waals surface area contributed by atoms with Gasteiger partial charge in [-0.25, -0.2) is 0 Å². The number of nitrogens with one attached hydrogen (secondary N) is 1. The van der Waals surface area contributed by atoms with Gasteiger partial charge in [0.2, 0.25) is 0 Å². The monoisotopic (exact) mass is 243 g/mol. The highest BCUT2D eigenvalue weighted by atomic mass is 79.9. The van der Waals surface area contributed by atoms with Crippen LogP contribution in [0, 0.1) is 0 Å². The lowest BCUT2D eigenvalue weighted by atomic mass is 10.3. The summed E-state index contributed by atoms with van der Waals surface area (Å²) in [4.78, 5) is 11.4. The maximum atomic E-state index is 11.4. The molecular formula is C8H10BrN3O. The fourth-order valence-electron chi connectivity index (χ4n) is 0.771. The normalized spacial score (nSPS) is 12.2. The van der Waals surface area contributed by atoms with Crippen LogP contribution in [0.15, 0.2) is 18.5 Å². The highest BCUT2D eigenvalue weighted by Gasteiger charge is 2.07. The fraction of sp³-hybridized carbons (Fsp3) is 0.375. The molecule has 0 aliphatic carbocycles. The predicted molar refractivity (Wildman–Crippen MR) is 52.8 cm³/mol.